The fourth-order valence-electron chi connectivity index (χ4n) is 0.343. The summed E-state index contributed by atoms with van der Waals surface area (Å²) in [7, 11) is -3.39. The van der Waals surface area contributed by atoms with Crippen molar-refractivity contribution in [2.75, 3.05) is 11.1 Å². The number of rotatable bonds is 3. The highest BCUT2D eigenvalue weighted by Crippen LogP contribution is 1.89. The first-order chi connectivity index (χ1) is 3.95. The van der Waals surface area contributed by atoms with Gasteiger partial charge in [0.1, 0.15) is 0 Å². The predicted octanol–water partition coefficient (Wildman–Crippen LogP) is -1.00. The quantitative estimate of drug-likeness (QED) is 0.594. The fourth-order valence-corrected chi connectivity index (χ4v) is 1.59. The molecular weight excluding hydrogens is 208 g/mol. The maximum Gasteiger partial charge on any atom is 0.210 e. The van der Waals surface area contributed by atoms with Gasteiger partial charge in [-0.15, -0.1) is 0 Å². The van der Waals surface area contributed by atoms with Crippen LogP contribution in [0.3, 0.4) is 0 Å². The lowest BCUT2D eigenvalue weighted by atomic mass is 10.4. The van der Waals surface area contributed by atoms with E-state index in [9.17, 15) is 8.42 Å². The molecule has 1 atom stereocenters. The summed E-state index contributed by atoms with van der Waals surface area (Å²) in [6, 6.07) is -0.403. The Morgan fingerprint density at radius 1 is 1.56 bits per heavy atom. The Bertz CT molecular complexity index is 167. The Kier molecular flexibility index (Phi) is 3.64. The van der Waals surface area contributed by atoms with Gasteiger partial charge in [-0.3, -0.25) is 0 Å². The van der Waals surface area contributed by atoms with Crippen LogP contribution in [-0.2, 0) is 10.0 Å². The monoisotopic (exact) mass is 216 g/mol. The van der Waals surface area contributed by atoms with Gasteiger partial charge in [0.2, 0.25) is 10.0 Å². The molecule has 0 bridgehead atoms. The van der Waals surface area contributed by atoms with Crippen molar-refractivity contribution in [1.82, 2.24) is 0 Å². The summed E-state index contributed by atoms with van der Waals surface area (Å²) in [4.78, 5) is 0. The Labute approximate surface area is 62.8 Å². The summed E-state index contributed by atoms with van der Waals surface area (Å²) in [5.74, 6) is -0.168. The number of primary sulfonamides is 1. The van der Waals surface area contributed by atoms with E-state index in [4.69, 9.17) is 5.73 Å². The van der Waals surface area contributed by atoms with Gasteiger partial charge in [-0.2, -0.15) is 0 Å². The number of sulfonamides is 1. The van der Waals surface area contributed by atoms with Crippen LogP contribution >= 0.6 is 15.9 Å². The van der Waals surface area contributed by atoms with Crippen molar-refractivity contribution >= 4 is 26.0 Å². The molecule has 0 saturated heterocycles. The summed E-state index contributed by atoms with van der Waals surface area (Å²) >= 11 is 3.02. The first kappa shape index (κ1) is 9.35. The Hall–Kier alpha value is 0.350. The van der Waals surface area contributed by atoms with Crippen LogP contribution in [0, 0.1) is 0 Å². The molecular formula is C3H9BrN2O2S. The van der Waals surface area contributed by atoms with Gasteiger partial charge >= 0.3 is 0 Å². The van der Waals surface area contributed by atoms with Crippen molar-refractivity contribution in [3.05, 3.63) is 0 Å². The molecule has 56 valence electrons. The Morgan fingerprint density at radius 2 is 2.00 bits per heavy atom. The van der Waals surface area contributed by atoms with Gasteiger partial charge in [0, 0.05) is 11.4 Å². The molecule has 4 nitrogen and oxygen atoms in total. The number of halogens is 1. The second-order valence-corrected chi connectivity index (χ2v) is 4.05. The number of nitrogens with two attached hydrogens (primary N) is 2. The van der Waals surface area contributed by atoms with Crippen LogP contribution in [0.15, 0.2) is 0 Å². The van der Waals surface area contributed by atoms with Crippen LogP contribution in [0.4, 0.5) is 0 Å². The normalized spacial score (nSPS) is 15.4. The van der Waals surface area contributed by atoms with E-state index in [0.29, 0.717) is 5.33 Å². The molecule has 4 N–H and O–H groups in total. The van der Waals surface area contributed by atoms with E-state index in [1.165, 1.54) is 0 Å². The van der Waals surface area contributed by atoms with E-state index in [-0.39, 0.29) is 5.75 Å². The third-order valence-electron chi connectivity index (χ3n) is 0.645. The zero-order chi connectivity index (χ0) is 7.49. The highest BCUT2D eigenvalue weighted by Gasteiger charge is 2.08. The largest absolute Gasteiger partial charge is 0.326 e. The molecule has 0 aliphatic heterocycles. The minimum atomic E-state index is -3.39. The summed E-state index contributed by atoms with van der Waals surface area (Å²) in [6.45, 7) is 0. The molecule has 9 heavy (non-hydrogen) atoms. The van der Waals surface area contributed by atoms with E-state index < -0.39 is 16.1 Å². The topological polar surface area (TPSA) is 86.2 Å². The molecule has 0 aliphatic carbocycles. The van der Waals surface area contributed by atoms with Crippen molar-refractivity contribution in [3.63, 3.8) is 0 Å². The molecule has 0 radical (unpaired) electrons. The van der Waals surface area contributed by atoms with E-state index >= 15 is 0 Å². The summed E-state index contributed by atoms with van der Waals surface area (Å²) in [6.07, 6.45) is 0. The third kappa shape index (κ3) is 6.23. The zero-order valence-corrected chi connectivity index (χ0v) is 7.15. The van der Waals surface area contributed by atoms with E-state index in [0.717, 1.165) is 0 Å². The van der Waals surface area contributed by atoms with E-state index in [2.05, 4.69) is 21.1 Å². The van der Waals surface area contributed by atoms with Gasteiger partial charge in [0.25, 0.3) is 0 Å². The van der Waals surface area contributed by atoms with E-state index in [1.807, 2.05) is 0 Å². The minimum absolute atomic E-state index is 0.168. The molecule has 0 fully saturated rings. The Balaban J connectivity index is 3.75. The third-order valence-corrected chi connectivity index (χ3v) is 2.37. The van der Waals surface area contributed by atoms with Crippen molar-refractivity contribution in [2.24, 2.45) is 10.9 Å². The van der Waals surface area contributed by atoms with E-state index in [1.54, 1.807) is 0 Å². The van der Waals surface area contributed by atoms with Crippen LogP contribution in [0.25, 0.3) is 0 Å². The number of alkyl halides is 1. The molecule has 0 aliphatic rings. The van der Waals surface area contributed by atoms with Crippen molar-refractivity contribution in [1.29, 1.82) is 0 Å². The van der Waals surface area contributed by atoms with Crippen LogP contribution in [0.5, 0.6) is 0 Å². The number of hydrogen-bond donors (Lipinski definition) is 2. The van der Waals surface area contributed by atoms with Crippen molar-refractivity contribution < 1.29 is 8.42 Å². The molecule has 0 aromatic rings. The molecule has 0 amide bonds. The fraction of sp³-hybridized carbons (Fsp3) is 1.00. The molecule has 0 saturated carbocycles. The highest BCUT2D eigenvalue weighted by atomic mass is 79.9. The van der Waals surface area contributed by atoms with Crippen LogP contribution < -0.4 is 10.9 Å². The highest BCUT2D eigenvalue weighted by molar-refractivity contribution is 9.09. The summed E-state index contributed by atoms with van der Waals surface area (Å²) < 4.78 is 20.6. The van der Waals surface area contributed by atoms with Gasteiger partial charge in [0.05, 0.1) is 5.75 Å². The molecule has 0 rings (SSSR count). The van der Waals surface area contributed by atoms with Gasteiger partial charge in [0.15, 0.2) is 0 Å². The standard InChI is InChI=1S/C3H9BrN2O2S/c4-1-3(5)2-9(6,7)8/h3H,1-2,5H2,(H2,6,7,8). The van der Waals surface area contributed by atoms with Gasteiger partial charge < -0.3 is 5.73 Å². The summed E-state index contributed by atoms with van der Waals surface area (Å²) in [5.41, 5.74) is 5.25. The smallest absolute Gasteiger partial charge is 0.210 e. The van der Waals surface area contributed by atoms with Crippen LogP contribution in [0.1, 0.15) is 0 Å². The first-order valence-electron chi connectivity index (χ1n) is 2.27. The molecule has 0 heterocycles. The number of hydrogen-bond acceptors (Lipinski definition) is 3. The van der Waals surface area contributed by atoms with Crippen LogP contribution in [-0.4, -0.2) is 25.5 Å². The predicted molar refractivity (Wildman–Crippen MR) is 39.7 cm³/mol. The first-order valence-corrected chi connectivity index (χ1v) is 5.11. The van der Waals surface area contributed by atoms with Gasteiger partial charge in [-0.1, -0.05) is 15.9 Å². The molecule has 0 aromatic carbocycles. The zero-order valence-electron chi connectivity index (χ0n) is 4.75. The summed E-state index contributed by atoms with van der Waals surface area (Å²) in [5, 5.41) is 5.13. The maximum absolute atomic E-state index is 10.3. The second kappa shape index (κ2) is 3.50. The van der Waals surface area contributed by atoms with Crippen LogP contribution in [0.2, 0.25) is 0 Å². The molecule has 0 aromatic heterocycles. The average Bonchev–Trinajstić information content (AvgIpc) is 1.62. The lowest BCUT2D eigenvalue weighted by molar-refractivity contribution is 0.592. The molecule has 6 heteroatoms. The molecule has 0 spiro atoms. The molecule has 1 unspecified atom stereocenters. The lowest BCUT2D eigenvalue weighted by Crippen LogP contribution is -2.34. The average molecular weight is 217 g/mol. The SMILES string of the molecule is NC(CBr)CS(N)(=O)=O. The van der Waals surface area contributed by atoms with Gasteiger partial charge in [-0.05, 0) is 0 Å². The minimum Gasteiger partial charge on any atom is -0.326 e. The Morgan fingerprint density at radius 3 is 2.11 bits per heavy atom. The lowest BCUT2D eigenvalue weighted by Gasteiger charge is -2.03. The maximum atomic E-state index is 10.3. The van der Waals surface area contributed by atoms with Crippen molar-refractivity contribution in [3.8, 4) is 0 Å². The van der Waals surface area contributed by atoms with Crippen molar-refractivity contribution in [2.45, 2.75) is 6.04 Å². The van der Waals surface area contributed by atoms with Gasteiger partial charge in [-0.25, -0.2) is 13.6 Å². The second-order valence-electron chi connectivity index (χ2n) is 1.74.